The number of halogens is 2. The van der Waals surface area contributed by atoms with Gasteiger partial charge in [-0.05, 0) is 24.1 Å². The van der Waals surface area contributed by atoms with E-state index in [-0.39, 0.29) is 11.7 Å². The summed E-state index contributed by atoms with van der Waals surface area (Å²) >= 11 is 1.01. The lowest BCUT2D eigenvalue weighted by atomic mass is 9.99. The van der Waals surface area contributed by atoms with Crippen LogP contribution in [0.5, 0.6) is 0 Å². The van der Waals surface area contributed by atoms with E-state index in [4.69, 9.17) is 5.11 Å². The molecule has 1 aromatic rings. The van der Waals surface area contributed by atoms with E-state index in [9.17, 15) is 18.4 Å². The zero-order valence-corrected chi connectivity index (χ0v) is 12.5. The summed E-state index contributed by atoms with van der Waals surface area (Å²) in [5.74, 6) is -3.74. The van der Waals surface area contributed by atoms with Gasteiger partial charge < -0.3 is 10.4 Å². The normalized spacial score (nSPS) is 13.5. The van der Waals surface area contributed by atoms with Gasteiger partial charge in [0.15, 0.2) is 11.6 Å². The molecule has 0 aliphatic rings. The quantitative estimate of drug-likeness (QED) is 0.759. The van der Waals surface area contributed by atoms with Crippen molar-refractivity contribution in [1.82, 2.24) is 5.32 Å². The third kappa shape index (κ3) is 5.34. The second kappa shape index (κ2) is 7.97. The third-order valence-electron chi connectivity index (χ3n) is 3.06. The molecule has 2 N–H and O–H groups in total. The van der Waals surface area contributed by atoms with Gasteiger partial charge in [-0.15, -0.1) is 11.8 Å². The molecule has 0 fully saturated rings. The largest absolute Gasteiger partial charge is 0.480 e. The van der Waals surface area contributed by atoms with E-state index >= 15 is 0 Å². The SMILES string of the molecule is CCC(C)[C@H](NC(=O)CSc1ccc(F)c(F)c1)C(=O)O. The number of carbonyl (C=O) groups is 2. The molecule has 1 amide bonds. The maximum Gasteiger partial charge on any atom is 0.326 e. The van der Waals surface area contributed by atoms with Gasteiger partial charge in [-0.2, -0.15) is 0 Å². The van der Waals surface area contributed by atoms with E-state index in [2.05, 4.69) is 5.32 Å². The summed E-state index contributed by atoms with van der Waals surface area (Å²) in [5.41, 5.74) is 0. The summed E-state index contributed by atoms with van der Waals surface area (Å²) in [7, 11) is 0. The summed E-state index contributed by atoms with van der Waals surface area (Å²) in [6.45, 7) is 3.57. The molecule has 0 saturated heterocycles. The fraction of sp³-hybridized carbons (Fsp3) is 0.429. The van der Waals surface area contributed by atoms with Crippen LogP contribution >= 0.6 is 11.8 Å². The van der Waals surface area contributed by atoms with Gasteiger partial charge in [0.25, 0.3) is 0 Å². The maximum atomic E-state index is 13.0. The van der Waals surface area contributed by atoms with Crippen molar-refractivity contribution in [2.45, 2.75) is 31.2 Å². The highest BCUT2D eigenvalue weighted by atomic mass is 32.2. The molecule has 0 aliphatic carbocycles. The molecule has 1 rings (SSSR count). The second-order valence-corrected chi connectivity index (χ2v) is 5.68. The monoisotopic (exact) mass is 317 g/mol. The molecule has 0 aromatic heterocycles. The average Bonchev–Trinajstić information content (AvgIpc) is 2.44. The number of hydrogen-bond donors (Lipinski definition) is 2. The first-order chi connectivity index (χ1) is 9.85. The molecule has 0 aliphatic heterocycles. The first-order valence-corrected chi connectivity index (χ1v) is 7.43. The third-order valence-corrected chi connectivity index (χ3v) is 4.05. The van der Waals surface area contributed by atoms with Crippen LogP contribution in [0.15, 0.2) is 23.1 Å². The predicted octanol–water partition coefficient (Wildman–Crippen LogP) is 2.67. The number of carbonyl (C=O) groups excluding carboxylic acids is 1. The topological polar surface area (TPSA) is 66.4 Å². The standard InChI is InChI=1S/C14H17F2NO3S/c1-3-8(2)13(14(19)20)17-12(18)7-21-9-4-5-10(15)11(16)6-9/h4-6,8,13H,3,7H2,1-2H3,(H,17,18)(H,19,20)/t8?,13-/m0/s1. The average molecular weight is 317 g/mol. The Hall–Kier alpha value is -1.63. The minimum Gasteiger partial charge on any atom is -0.480 e. The first-order valence-electron chi connectivity index (χ1n) is 6.45. The predicted molar refractivity (Wildman–Crippen MR) is 76.1 cm³/mol. The highest BCUT2D eigenvalue weighted by molar-refractivity contribution is 8.00. The van der Waals surface area contributed by atoms with Crippen LogP contribution in [-0.4, -0.2) is 28.8 Å². The van der Waals surface area contributed by atoms with E-state index in [0.717, 1.165) is 23.9 Å². The van der Waals surface area contributed by atoms with Crippen LogP contribution in [0.4, 0.5) is 8.78 Å². The number of nitrogens with one attached hydrogen (secondary N) is 1. The Morgan fingerprint density at radius 3 is 2.52 bits per heavy atom. The Morgan fingerprint density at radius 1 is 1.33 bits per heavy atom. The molecule has 21 heavy (non-hydrogen) atoms. The molecule has 2 atom stereocenters. The van der Waals surface area contributed by atoms with E-state index in [1.54, 1.807) is 6.92 Å². The molecular weight excluding hydrogens is 300 g/mol. The van der Waals surface area contributed by atoms with Gasteiger partial charge in [0, 0.05) is 4.90 Å². The van der Waals surface area contributed by atoms with Gasteiger partial charge in [-0.3, -0.25) is 4.79 Å². The Kier molecular flexibility index (Phi) is 6.61. The highest BCUT2D eigenvalue weighted by Crippen LogP contribution is 2.20. The number of aliphatic carboxylic acids is 1. The van der Waals surface area contributed by atoms with Gasteiger partial charge in [0.05, 0.1) is 5.75 Å². The molecular formula is C14H17F2NO3S. The number of hydrogen-bond acceptors (Lipinski definition) is 3. The summed E-state index contributed by atoms with van der Waals surface area (Å²) < 4.78 is 25.8. The van der Waals surface area contributed by atoms with Crippen LogP contribution in [0.3, 0.4) is 0 Å². The van der Waals surface area contributed by atoms with Crippen molar-refractivity contribution in [3.63, 3.8) is 0 Å². The summed E-state index contributed by atoms with van der Waals surface area (Å²) in [6.07, 6.45) is 0.619. The molecule has 1 unspecified atom stereocenters. The minimum atomic E-state index is -1.09. The summed E-state index contributed by atoms with van der Waals surface area (Å²) in [5, 5.41) is 11.5. The molecule has 7 heteroatoms. The number of carboxylic acid groups (broad SMARTS) is 1. The molecule has 0 heterocycles. The van der Waals surface area contributed by atoms with Crippen molar-refractivity contribution in [1.29, 1.82) is 0 Å². The van der Waals surface area contributed by atoms with Gasteiger partial charge >= 0.3 is 5.97 Å². The van der Waals surface area contributed by atoms with E-state index in [1.807, 2.05) is 6.92 Å². The van der Waals surface area contributed by atoms with Crippen molar-refractivity contribution in [2.24, 2.45) is 5.92 Å². The van der Waals surface area contributed by atoms with Crippen molar-refractivity contribution in [2.75, 3.05) is 5.75 Å². The number of amides is 1. The van der Waals surface area contributed by atoms with Gasteiger partial charge in [-0.1, -0.05) is 20.3 Å². The molecule has 0 spiro atoms. The number of rotatable bonds is 7. The van der Waals surface area contributed by atoms with Crippen LogP contribution in [0.1, 0.15) is 20.3 Å². The summed E-state index contributed by atoms with van der Waals surface area (Å²) in [4.78, 5) is 23.2. The molecule has 1 aromatic carbocycles. The van der Waals surface area contributed by atoms with Gasteiger partial charge in [-0.25, -0.2) is 13.6 Å². The lowest BCUT2D eigenvalue weighted by Gasteiger charge is -2.19. The van der Waals surface area contributed by atoms with Gasteiger partial charge in [0.2, 0.25) is 5.91 Å². The van der Waals surface area contributed by atoms with Crippen LogP contribution in [-0.2, 0) is 9.59 Å². The highest BCUT2D eigenvalue weighted by Gasteiger charge is 2.25. The number of carboxylic acids is 1. The molecule has 4 nitrogen and oxygen atoms in total. The van der Waals surface area contributed by atoms with Crippen molar-refractivity contribution >= 4 is 23.6 Å². The lowest BCUT2D eigenvalue weighted by Crippen LogP contribution is -2.45. The zero-order chi connectivity index (χ0) is 16.0. The first kappa shape index (κ1) is 17.4. The van der Waals surface area contributed by atoms with Crippen molar-refractivity contribution in [3.8, 4) is 0 Å². The summed E-state index contributed by atoms with van der Waals surface area (Å²) in [6, 6.07) is 2.39. The van der Waals surface area contributed by atoms with Crippen molar-refractivity contribution in [3.05, 3.63) is 29.8 Å². The van der Waals surface area contributed by atoms with E-state index in [1.165, 1.54) is 6.07 Å². The van der Waals surface area contributed by atoms with E-state index in [0.29, 0.717) is 11.3 Å². The lowest BCUT2D eigenvalue weighted by molar-refractivity contribution is -0.143. The number of benzene rings is 1. The van der Waals surface area contributed by atoms with Crippen LogP contribution in [0, 0.1) is 17.6 Å². The molecule has 116 valence electrons. The molecule has 0 radical (unpaired) electrons. The Labute approximate surface area is 125 Å². The molecule has 0 bridgehead atoms. The molecule has 0 saturated carbocycles. The fourth-order valence-electron chi connectivity index (χ4n) is 1.61. The van der Waals surface area contributed by atoms with Gasteiger partial charge in [0.1, 0.15) is 6.04 Å². The Balaban J connectivity index is 2.56. The smallest absolute Gasteiger partial charge is 0.326 e. The van der Waals surface area contributed by atoms with Crippen LogP contribution < -0.4 is 5.32 Å². The second-order valence-electron chi connectivity index (χ2n) is 4.63. The van der Waals surface area contributed by atoms with Crippen LogP contribution in [0.2, 0.25) is 0 Å². The van der Waals surface area contributed by atoms with Crippen molar-refractivity contribution < 1.29 is 23.5 Å². The Bertz CT molecular complexity index is 525. The van der Waals surface area contributed by atoms with Crippen LogP contribution in [0.25, 0.3) is 0 Å². The number of thioether (sulfide) groups is 1. The fourth-order valence-corrected chi connectivity index (χ4v) is 2.35. The van der Waals surface area contributed by atoms with E-state index < -0.39 is 29.6 Å². The zero-order valence-electron chi connectivity index (χ0n) is 11.7. The maximum absolute atomic E-state index is 13.0. The Morgan fingerprint density at radius 2 is 2.00 bits per heavy atom. The minimum absolute atomic E-state index is 0.0642.